The third kappa shape index (κ3) is 6.16. The fourth-order valence-electron chi connectivity index (χ4n) is 3.57. The predicted molar refractivity (Wildman–Crippen MR) is 140 cm³/mol. The number of carbonyl (C=O) groups is 2. The van der Waals surface area contributed by atoms with Crippen LogP contribution in [0.1, 0.15) is 23.6 Å². The number of rotatable bonds is 10. The molecule has 0 radical (unpaired) electrons. The first kappa shape index (κ1) is 26.4. The number of amides is 2. The van der Waals surface area contributed by atoms with Crippen LogP contribution in [0.15, 0.2) is 71.6 Å². The Morgan fingerprint density at radius 3 is 2.03 bits per heavy atom. The smallest absolute Gasteiger partial charge is 0.293 e. The summed E-state index contributed by atoms with van der Waals surface area (Å²) in [5, 5.41) is 21.2. The first-order valence-electron chi connectivity index (χ1n) is 11.4. The highest BCUT2D eigenvalue weighted by molar-refractivity contribution is 8.18. The summed E-state index contributed by atoms with van der Waals surface area (Å²) >= 11 is 0.808. The molecule has 194 valence electrons. The van der Waals surface area contributed by atoms with E-state index in [4.69, 9.17) is 9.47 Å². The molecule has 11 nitrogen and oxygen atoms in total. The topological polar surface area (TPSA) is 142 Å². The third-order valence-corrected chi connectivity index (χ3v) is 6.38. The number of non-ortho nitro benzene ring substituents is 2. The normalized spacial score (nSPS) is 14.1. The van der Waals surface area contributed by atoms with Crippen molar-refractivity contribution in [3.8, 4) is 11.5 Å². The highest BCUT2D eigenvalue weighted by Gasteiger charge is 2.35. The first-order chi connectivity index (χ1) is 18.2. The van der Waals surface area contributed by atoms with Gasteiger partial charge in [-0.15, -0.1) is 0 Å². The fourth-order valence-corrected chi connectivity index (χ4v) is 4.41. The predicted octanol–water partition coefficient (Wildman–Crippen LogP) is 5.72. The standard InChI is InChI=1S/C26H21N3O8S/c1-2-36-23-13-19(7-12-22(23)37-16-18-5-10-21(11-6-18)29(34)35)14-24-25(30)27(26(31)38-24)15-17-3-8-20(9-4-17)28(32)33/h3-14H,2,15-16H2,1H3/b24-14-. The van der Waals surface area contributed by atoms with Crippen LogP contribution in [0, 0.1) is 20.2 Å². The number of carbonyl (C=O) groups excluding carboxylic acids is 2. The molecule has 0 unspecified atom stereocenters. The van der Waals surface area contributed by atoms with Crippen LogP contribution in [-0.4, -0.2) is 32.5 Å². The molecule has 3 aromatic rings. The van der Waals surface area contributed by atoms with E-state index in [2.05, 4.69) is 0 Å². The highest BCUT2D eigenvalue weighted by atomic mass is 32.2. The van der Waals surface area contributed by atoms with Crippen LogP contribution in [-0.2, 0) is 17.9 Å². The molecule has 0 N–H and O–H groups in total. The summed E-state index contributed by atoms with van der Waals surface area (Å²) in [7, 11) is 0. The molecule has 2 amide bonds. The molecule has 0 saturated carbocycles. The van der Waals surface area contributed by atoms with Crippen LogP contribution >= 0.6 is 11.8 Å². The second-order valence-electron chi connectivity index (χ2n) is 8.04. The fraction of sp³-hybridized carbons (Fsp3) is 0.154. The summed E-state index contributed by atoms with van der Waals surface area (Å²) < 4.78 is 11.5. The number of thioether (sulfide) groups is 1. The van der Waals surface area contributed by atoms with Gasteiger partial charge in [0.2, 0.25) is 0 Å². The van der Waals surface area contributed by atoms with Gasteiger partial charge >= 0.3 is 0 Å². The van der Waals surface area contributed by atoms with Crippen molar-refractivity contribution in [2.24, 2.45) is 0 Å². The number of hydrogen-bond acceptors (Lipinski definition) is 9. The van der Waals surface area contributed by atoms with Gasteiger partial charge in [-0.1, -0.05) is 18.2 Å². The van der Waals surface area contributed by atoms with Crippen molar-refractivity contribution in [3.63, 3.8) is 0 Å². The van der Waals surface area contributed by atoms with E-state index < -0.39 is 21.0 Å². The van der Waals surface area contributed by atoms with E-state index >= 15 is 0 Å². The average Bonchev–Trinajstić information content (AvgIpc) is 3.16. The van der Waals surface area contributed by atoms with Crippen LogP contribution in [0.25, 0.3) is 6.08 Å². The number of nitro groups is 2. The molecule has 1 fully saturated rings. The number of benzene rings is 3. The van der Waals surface area contributed by atoms with Gasteiger partial charge in [-0.25, -0.2) is 0 Å². The lowest BCUT2D eigenvalue weighted by Gasteiger charge is -2.13. The number of nitro benzene ring substituents is 2. The molecule has 1 aliphatic heterocycles. The quantitative estimate of drug-likeness (QED) is 0.181. The van der Waals surface area contributed by atoms with Gasteiger partial charge in [-0.3, -0.25) is 34.7 Å². The maximum atomic E-state index is 12.9. The van der Waals surface area contributed by atoms with Crippen LogP contribution in [0.3, 0.4) is 0 Å². The number of nitrogens with zero attached hydrogens (tertiary/aromatic N) is 3. The zero-order valence-electron chi connectivity index (χ0n) is 20.1. The Morgan fingerprint density at radius 2 is 1.45 bits per heavy atom. The van der Waals surface area contributed by atoms with Gasteiger partial charge in [-0.05, 0) is 65.7 Å². The van der Waals surface area contributed by atoms with Crippen molar-refractivity contribution in [3.05, 3.63) is 109 Å². The number of hydrogen-bond donors (Lipinski definition) is 0. The van der Waals surface area contributed by atoms with Crippen molar-refractivity contribution in [1.29, 1.82) is 0 Å². The molecule has 0 aliphatic carbocycles. The monoisotopic (exact) mass is 535 g/mol. The van der Waals surface area contributed by atoms with E-state index in [-0.39, 0.29) is 29.4 Å². The molecule has 1 aliphatic rings. The third-order valence-electron chi connectivity index (χ3n) is 5.47. The Morgan fingerprint density at radius 1 is 0.842 bits per heavy atom. The van der Waals surface area contributed by atoms with Gasteiger partial charge in [0.1, 0.15) is 6.61 Å². The molecule has 0 bridgehead atoms. The minimum Gasteiger partial charge on any atom is -0.490 e. The Kier molecular flexibility index (Phi) is 8.02. The van der Waals surface area contributed by atoms with Crippen LogP contribution in [0.2, 0.25) is 0 Å². The molecular formula is C26H21N3O8S. The summed E-state index contributed by atoms with van der Waals surface area (Å²) in [6, 6.07) is 16.8. The molecule has 0 aromatic heterocycles. The van der Waals surface area contributed by atoms with E-state index in [0.717, 1.165) is 22.2 Å². The largest absolute Gasteiger partial charge is 0.490 e. The first-order valence-corrected chi connectivity index (χ1v) is 12.2. The molecule has 0 spiro atoms. The summed E-state index contributed by atoms with van der Waals surface area (Å²) in [6.07, 6.45) is 1.59. The molecule has 38 heavy (non-hydrogen) atoms. The van der Waals surface area contributed by atoms with Crippen molar-refractivity contribution in [1.82, 2.24) is 4.90 Å². The van der Waals surface area contributed by atoms with Crippen LogP contribution in [0.4, 0.5) is 16.2 Å². The van der Waals surface area contributed by atoms with E-state index in [9.17, 15) is 29.8 Å². The Balaban J connectivity index is 1.47. The van der Waals surface area contributed by atoms with Gasteiger partial charge in [0.25, 0.3) is 22.5 Å². The van der Waals surface area contributed by atoms with Crippen molar-refractivity contribution >= 4 is 40.4 Å². The van der Waals surface area contributed by atoms with Crippen molar-refractivity contribution < 1.29 is 28.9 Å². The lowest BCUT2D eigenvalue weighted by Crippen LogP contribution is -2.27. The Labute approximate surface area is 221 Å². The van der Waals surface area contributed by atoms with Gasteiger partial charge in [-0.2, -0.15) is 0 Å². The maximum absolute atomic E-state index is 12.9. The zero-order valence-corrected chi connectivity index (χ0v) is 20.9. The second-order valence-corrected chi connectivity index (χ2v) is 9.04. The minimum absolute atomic E-state index is 0.000379. The highest BCUT2D eigenvalue weighted by Crippen LogP contribution is 2.36. The van der Waals surface area contributed by atoms with E-state index in [0.29, 0.717) is 29.2 Å². The molecule has 3 aromatic carbocycles. The van der Waals surface area contributed by atoms with Gasteiger partial charge in [0.05, 0.1) is 27.9 Å². The lowest BCUT2D eigenvalue weighted by atomic mass is 10.1. The molecule has 4 rings (SSSR count). The molecule has 12 heteroatoms. The summed E-state index contributed by atoms with van der Waals surface area (Å²) in [4.78, 5) is 47.4. The van der Waals surface area contributed by atoms with E-state index in [1.807, 2.05) is 6.92 Å². The van der Waals surface area contributed by atoms with Gasteiger partial charge in [0, 0.05) is 24.3 Å². The maximum Gasteiger partial charge on any atom is 0.293 e. The van der Waals surface area contributed by atoms with E-state index in [1.165, 1.54) is 36.4 Å². The van der Waals surface area contributed by atoms with Gasteiger partial charge in [0.15, 0.2) is 11.5 Å². The zero-order chi connectivity index (χ0) is 27.2. The summed E-state index contributed by atoms with van der Waals surface area (Å²) in [6.45, 7) is 2.35. The van der Waals surface area contributed by atoms with Gasteiger partial charge < -0.3 is 9.47 Å². The molecule has 0 atom stereocenters. The molecular weight excluding hydrogens is 514 g/mol. The van der Waals surface area contributed by atoms with Crippen LogP contribution < -0.4 is 9.47 Å². The average molecular weight is 536 g/mol. The van der Waals surface area contributed by atoms with E-state index in [1.54, 1.807) is 36.4 Å². The summed E-state index contributed by atoms with van der Waals surface area (Å²) in [5.41, 5.74) is 1.87. The minimum atomic E-state index is -0.519. The Hall–Kier alpha value is -4.71. The molecule has 1 saturated heterocycles. The number of ether oxygens (including phenoxy) is 2. The number of imide groups is 1. The summed E-state index contributed by atoms with van der Waals surface area (Å²) in [5.74, 6) is 0.428. The SMILES string of the molecule is CCOc1cc(/C=C2\SC(=O)N(Cc3ccc([N+](=O)[O-])cc3)C2=O)ccc1OCc1ccc([N+](=O)[O-])cc1. The van der Waals surface area contributed by atoms with Crippen molar-refractivity contribution in [2.75, 3.05) is 6.61 Å². The molecule has 1 heterocycles. The Bertz CT molecular complexity index is 1420. The lowest BCUT2D eigenvalue weighted by molar-refractivity contribution is -0.385. The van der Waals surface area contributed by atoms with Crippen LogP contribution in [0.5, 0.6) is 11.5 Å². The second kappa shape index (κ2) is 11.6. The van der Waals surface area contributed by atoms with Crippen molar-refractivity contribution in [2.45, 2.75) is 20.1 Å².